The summed E-state index contributed by atoms with van der Waals surface area (Å²) in [4.78, 5) is 21.6. The van der Waals surface area contributed by atoms with Gasteiger partial charge in [0, 0.05) is 44.5 Å². The van der Waals surface area contributed by atoms with Gasteiger partial charge >= 0.3 is 0 Å². The normalized spacial score (nSPS) is 15.9. The smallest absolute Gasteiger partial charge is 0.264 e. The van der Waals surface area contributed by atoms with Gasteiger partial charge in [-0.05, 0) is 54.8 Å². The van der Waals surface area contributed by atoms with Crippen LogP contribution >= 0.6 is 0 Å². The lowest BCUT2D eigenvalue weighted by atomic mass is 10.2. The summed E-state index contributed by atoms with van der Waals surface area (Å²) in [6.07, 6.45) is 3.05. The van der Waals surface area contributed by atoms with Crippen LogP contribution in [-0.2, 0) is 16.4 Å². The van der Waals surface area contributed by atoms with Gasteiger partial charge in [0.1, 0.15) is 11.9 Å². The molecule has 0 N–H and O–H groups in total. The maximum Gasteiger partial charge on any atom is 0.264 e. The van der Waals surface area contributed by atoms with Gasteiger partial charge in [0.05, 0.1) is 16.1 Å². The Hall–Kier alpha value is -3.90. The van der Waals surface area contributed by atoms with Crippen LogP contribution in [0, 0.1) is 11.3 Å². The van der Waals surface area contributed by atoms with Gasteiger partial charge in [-0.15, -0.1) is 0 Å². The molecular weight excluding hydrogens is 462 g/mol. The van der Waals surface area contributed by atoms with E-state index in [0.717, 1.165) is 12.0 Å². The van der Waals surface area contributed by atoms with Crippen LogP contribution in [0.3, 0.4) is 0 Å². The molecule has 8 nitrogen and oxygen atoms in total. The Balaban J connectivity index is 1.34. The van der Waals surface area contributed by atoms with Gasteiger partial charge in [-0.1, -0.05) is 24.3 Å². The molecule has 3 aromatic rings. The maximum absolute atomic E-state index is 13.4. The number of pyridine rings is 1. The number of carbonyl (C=O) groups is 1. The van der Waals surface area contributed by atoms with E-state index in [2.05, 4.69) is 11.1 Å². The first-order valence-electron chi connectivity index (χ1n) is 11.6. The van der Waals surface area contributed by atoms with Crippen LogP contribution in [0.1, 0.15) is 27.9 Å². The molecule has 0 bridgehead atoms. The third-order valence-corrected chi connectivity index (χ3v) is 8.31. The third kappa shape index (κ3) is 4.33. The van der Waals surface area contributed by atoms with Crippen molar-refractivity contribution >= 4 is 27.4 Å². The number of fused-ring (bicyclic) bond motifs is 1. The van der Waals surface area contributed by atoms with Gasteiger partial charge in [0.2, 0.25) is 0 Å². The first-order chi connectivity index (χ1) is 17.0. The molecule has 9 heteroatoms. The summed E-state index contributed by atoms with van der Waals surface area (Å²) in [5.74, 6) is 0.426. The zero-order valence-corrected chi connectivity index (χ0v) is 20.0. The van der Waals surface area contributed by atoms with Crippen molar-refractivity contribution in [3.8, 4) is 6.07 Å². The minimum absolute atomic E-state index is 0.114. The number of amides is 1. The van der Waals surface area contributed by atoms with Crippen molar-refractivity contribution in [2.45, 2.75) is 17.7 Å². The molecule has 2 aliphatic rings. The predicted octanol–water partition coefficient (Wildman–Crippen LogP) is 3.06. The lowest BCUT2D eigenvalue weighted by molar-refractivity contribution is 0.0766. The van der Waals surface area contributed by atoms with Crippen LogP contribution in [0.2, 0.25) is 0 Å². The van der Waals surface area contributed by atoms with E-state index in [1.165, 1.54) is 10.4 Å². The lowest BCUT2D eigenvalue weighted by Gasteiger charge is -2.24. The molecule has 0 saturated carbocycles. The standard InChI is InChI=1S/C26H25N5O3S/c27-19-22-8-4-12-28-25(22)29-13-5-14-30(17-16-29)26(32)21-7-3-9-23(18-21)35(33,34)31-15-11-20-6-1-2-10-24(20)31/h1-4,6-10,12,18H,5,11,13-17H2. The monoisotopic (exact) mass is 487 g/mol. The highest BCUT2D eigenvalue weighted by molar-refractivity contribution is 7.92. The number of para-hydroxylation sites is 1. The van der Waals surface area contributed by atoms with Crippen LogP contribution < -0.4 is 9.21 Å². The summed E-state index contributed by atoms with van der Waals surface area (Å²) in [5.41, 5.74) is 2.56. The van der Waals surface area contributed by atoms with Gasteiger partial charge in [-0.2, -0.15) is 5.26 Å². The molecule has 0 atom stereocenters. The van der Waals surface area contributed by atoms with Crippen molar-refractivity contribution in [1.29, 1.82) is 5.26 Å². The number of hydrogen-bond acceptors (Lipinski definition) is 6. The summed E-state index contributed by atoms with van der Waals surface area (Å²) in [6.45, 7) is 2.61. The largest absolute Gasteiger partial charge is 0.354 e. The van der Waals surface area contributed by atoms with E-state index < -0.39 is 10.0 Å². The van der Waals surface area contributed by atoms with Crippen molar-refractivity contribution in [2.24, 2.45) is 0 Å². The number of nitriles is 1. The minimum Gasteiger partial charge on any atom is -0.354 e. The van der Waals surface area contributed by atoms with Crippen molar-refractivity contribution in [2.75, 3.05) is 41.9 Å². The van der Waals surface area contributed by atoms with E-state index in [-0.39, 0.29) is 10.8 Å². The topological polar surface area (TPSA) is 97.6 Å². The lowest BCUT2D eigenvalue weighted by Crippen LogP contribution is -2.35. The van der Waals surface area contributed by atoms with Crippen LogP contribution in [-0.4, -0.2) is 56.9 Å². The number of benzene rings is 2. The second-order valence-corrected chi connectivity index (χ2v) is 10.5. The van der Waals surface area contributed by atoms with Crippen LogP contribution in [0.5, 0.6) is 0 Å². The molecule has 35 heavy (non-hydrogen) atoms. The highest BCUT2D eigenvalue weighted by Gasteiger charge is 2.31. The Morgan fingerprint density at radius 3 is 2.66 bits per heavy atom. The SMILES string of the molecule is N#Cc1cccnc1N1CCCN(C(=O)c2cccc(S(=O)(=O)N3CCc4ccccc43)c2)CC1. The van der Waals surface area contributed by atoms with E-state index in [1.807, 2.05) is 29.2 Å². The van der Waals surface area contributed by atoms with Crippen LogP contribution in [0.4, 0.5) is 11.5 Å². The van der Waals surface area contributed by atoms with Gasteiger partial charge in [-0.25, -0.2) is 13.4 Å². The van der Waals surface area contributed by atoms with Crippen LogP contribution in [0.15, 0.2) is 71.8 Å². The second-order valence-electron chi connectivity index (χ2n) is 8.60. The summed E-state index contributed by atoms with van der Waals surface area (Å²) < 4.78 is 28.3. The zero-order chi connectivity index (χ0) is 24.4. The van der Waals surface area contributed by atoms with Crippen molar-refractivity contribution < 1.29 is 13.2 Å². The Morgan fingerprint density at radius 2 is 1.80 bits per heavy atom. The number of carbonyl (C=O) groups excluding carboxylic acids is 1. The average molecular weight is 488 g/mol. The molecule has 178 valence electrons. The summed E-state index contributed by atoms with van der Waals surface area (Å²) in [7, 11) is -3.78. The Labute approximate surface area is 205 Å². The fourth-order valence-corrected chi connectivity index (χ4v) is 6.28. The fraction of sp³-hybridized carbons (Fsp3) is 0.269. The number of anilines is 2. The van der Waals surface area contributed by atoms with Gasteiger partial charge in [-0.3, -0.25) is 9.10 Å². The van der Waals surface area contributed by atoms with E-state index in [4.69, 9.17) is 0 Å². The number of hydrogen-bond donors (Lipinski definition) is 0. The van der Waals surface area contributed by atoms with Gasteiger partial charge in [0.15, 0.2) is 0 Å². The fourth-order valence-electron chi connectivity index (χ4n) is 4.73. The van der Waals surface area contributed by atoms with E-state index >= 15 is 0 Å². The van der Waals surface area contributed by atoms with Crippen molar-refractivity contribution in [3.63, 3.8) is 0 Å². The molecule has 1 fully saturated rings. The molecule has 0 spiro atoms. The molecule has 0 unspecified atom stereocenters. The molecule has 3 heterocycles. The quantitative estimate of drug-likeness (QED) is 0.561. The highest BCUT2D eigenvalue weighted by Crippen LogP contribution is 2.33. The minimum atomic E-state index is -3.78. The van der Waals surface area contributed by atoms with Gasteiger partial charge < -0.3 is 9.80 Å². The van der Waals surface area contributed by atoms with Crippen LogP contribution in [0.25, 0.3) is 0 Å². The highest BCUT2D eigenvalue weighted by atomic mass is 32.2. The van der Waals surface area contributed by atoms with E-state index in [0.29, 0.717) is 61.8 Å². The number of sulfonamides is 1. The molecule has 1 saturated heterocycles. The molecular formula is C26H25N5O3S. The summed E-state index contributed by atoms with van der Waals surface area (Å²) in [5, 5.41) is 9.40. The number of nitrogens with zero attached hydrogens (tertiary/aromatic N) is 5. The Bertz CT molecular complexity index is 1420. The van der Waals surface area contributed by atoms with Crippen molar-refractivity contribution in [1.82, 2.24) is 9.88 Å². The third-order valence-electron chi connectivity index (χ3n) is 6.50. The first-order valence-corrected chi connectivity index (χ1v) is 13.0. The zero-order valence-electron chi connectivity index (χ0n) is 19.2. The van der Waals surface area contributed by atoms with E-state index in [1.54, 1.807) is 41.4 Å². The molecule has 2 aliphatic heterocycles. The molecule has 1 aromatic heterocycles. The molecule has 0 aliphatic carbocycles. The molecule has 0 radical (unpaired) electrons. The summed E-state index contributed by atoms with van der Waals surface area (Å²) in [6, 6.07) is 19.5. The van der Waals surface area contributed by atoms with Crippen molar-refractivity contribution in [3.05, 3.63) is 83.6 Å². The Morgan fingerprint density at radius 1 is 0.943 bits per heavy atom. The molecule has 2 aromatic carbocycles. The first kappa shape index (κ1) is 22.9. The average Bonchev–Trinajstić information content (AvgIpc) is 3.19. The Kier molecular flexibility index (Phi) is 6.14. The molecule has 1 amide bonds. The number of aromatic nitrogens is 1. The maximum atomic E-state index is 13.4. The summed E-state index contributed by atoms with van der Waals surface area (Å²) >= 11 is 0. The molecule has 5 rings (SSSR count). The predicted molar refractivity (Wildman–Crippen MR) is 133 cm³/mol. The second kappa shape index (κ2) is 9.39. The van der Waals surface area contributed by atoms with E-state index in [9.17, 15) is 18.5 Å². The number of rotatable bonds is 4. The van der Waals surface area contributed by atoms with Gasteiger partial charge in [0.25, 0.3) is 15.9 Å².